The average molecular weight is 555 g/mol. The van der Waals surface area contributed by atoms with Crippen molar-refractivity contribution in [3.8, 4) is 5.88 Å². The molecule has 4 aromatic rings. The van der Waals surface area contributed by atoms with Crippen molar-refractivity contribution in [1.29, 1.82) is 0 Å². The monoisotopic (exact) mass is 553 g/mol. The number of fused-ring (bicyclic) bond motifs is 1. The van der Waals surface area contributed by atoms with Crippen LogP contribution in [0, 0.1) is 6.92 Å². The minimum absolute atomic E-state index is 0.0801. The molecule has 0 atom stereocenters. The fraction of sp³-hybridized carbons (Fsp3) is 0.222. The van der Waals surface area contributed by atoms with Crippen molar-refractivity contribution >= 4 is 68.5 Å². The maximum Gasteiger partial charge on any atom is 0.225 e. The summed E-state index contributed by atoms with van der Waals surface area (Å²) >= 11 is 17.8. The van der Waals surface area contributed by atoms with E-state index >= 15 is 0 Å². The lowest BCUT2D eigenvalue weighted by Gasteiger charge is -2.34. The summed E-state index contributed by atoms with van der Waals surface area (Å²) in [6, 6.07) is 21.3. The second-order valence-electron chi connectivity index (χ2n) is 9.03. The average Bonchev–Trinajstić information content (AvgIpc) is 3.16. The Hall–Kier alpha value is -3.17. The van der Waals surface area contributed by atoms with Gasteiger partial charge in [-0.1, -0.05) is 53.5 Å². The smallest absolute Gasteiger partial charge is 0.225 e. The van der Waals surface area contributed by atoms with Gasteiger partial charge in [-0.05, 0) is 61.1 Å². The summed E-state index contributed by atoms with van der Waals surface area (Å²) in [6.45, 7) is 6.21. The summed E-state index contributed by atoms with van der Waals surface area (Å²) < 4.78 is 1.91. The van der Waals surface area contributed by atoms with Gasteiger partial charge in [-0.3, -0.25) is 4.57 Å². The number of piperazine rings is 1. The number of rotatable bonds is 5. The highest BCUT2D eigenvalue weighted by Gasteiger charge is 2.24. The van der Waals surface area contributed by atoms with Crippen molar-refractivity contribution < 1.29 is 10.0 Å². The SMILES string of the molecule is Cc1c(Cl)cccc1NC(=S)N=Nc1c(O)n(C[NH+]2CCN(c3cccc(Cl)c3)CC2)c2ccccc12. The molecule has 37 heavy (non-hydrogen) atoms. The number of anilines is 2. The summed E-state index contributed by atoms with van der Waals surface area (Å²) in [5, 5.41) is 25.2. The van der Waals surface area contributed by atoms with Gasteiger partial charge < -0.3 is 20.2 Å². The molecule has 190 valence electrons. The predicted octanol–water partition coefficient (Wildman–Crippen LogP) is 5.81. The van der Waals surface area contributed by atoms with Crippen LogP contribution in [-0.4, -0.2) is 41.0 Å². The molecular formula is C27H27Cl2N6OS+. The van der Waals surface area contributed by atoms with E-state index in [1.807, 2.05) is 72.2 Å². The van der Waals surface area contributed by atoms with Gasteiger partial charge in [-0.25, -0.2) is 0 Å². The first-order valence-corrected chi connectivity index (χ1v) is 13.2. The molecule has 0 amide bonds. The van der Waals surface area contributed by atoms with Gasteiger partial charge in [0.1, 0.15) is 0 Å². The predicted molar refractivity (Wildman–Crippen MR) is 155 cm³/mol. The number of nitrogens with zero attached hydrogens (tertiary/aromatic N) is 4. The van der Waals surface area contributed by atoms with Gasteiger partial charge in [0.05, 0.1) is 31.7 Å². The Morgan fingerprint density at radius 2 is 1.81 bits per heavy atom. The first kappa shape index (κ1) is 25.5. The zero-order valence-corrected chi connectivity index (χ0v) is 22.6. The highest BCUT2D eigenvalue weighted by atomic mass is 35.5. The maximum absolute atomic E-state index is 11.2. The van der Waals surface area contributed by atoms with Crippen molar-refractivity contribution in [3.05, 3.63) is 82.3 Å². The van der Waals surface area contributed by atoms with Gasteiger partial charge in [-0.2, -0.15) is 0 Å². The lowest BCUT2D eigenvalue weighted by atomic mass is 10.2. The molecule has 1 aliphatic rings. The lowest BCUT2D eigenvalue weighted by Crippen LogP contribution is -3.14. The molecule has 0 unspecified atom stereocenters. The van der Waals surface area contributed by atoms with Gasteiger partial charge in [-0.15, -0.1) is 10.2 Å². The van der Waals surface area contributed by atoms with Crippen LogP contribution in [0.4, 0.5) is 17.1 Å². The number of hydrogen-bond acceptors (Lipinski definition) is 4. The molecule has 1 aromatic heterocycles. The number of nitrogens with one attached hydrogen (secondary N) is 2. The topological polar surface area (TPSA) is 69.6 Å². The van der Waals surface area contributed by atoms with E-state index in [0.717, 1.165) is 59.0 Å². The quantitative estimate of drug-likeness (QED) is 0.215. The summed E-state index contributed by atoms with van der Waals surface area (Å²) in [5.41, 5.74) is 4.09. The molecule has 0 spiro atoms. The van der Waals surface area contributed by atoms with Crippen molar-refractivity contribution in [2.24, 2.45) is 10.2 Å². The molecule has 3 aromatic carbocycles. The second-order valence-corrected chi connectivity index (χ2v) is 10.3. The van der Waals surface area contributed by atoms with E-state index in [9.17, 15) is 5.11 Å². The maximum atomic E-state index is 11.2. The van der Waals surface area contributed by atoms with Crippen molar-refractivity contribution in [2.75, 3.05) is 36.4 Å². The number of halogens is 2. The number of para-hydroxylation sites is 1. The lowest BCUT2D eigenvalue weighted by molar-refractivity contribution is -0.923. The van der Waals surface area contributed by atoms with Crippen LogP contribution in [0.1, 0.15) is 5.56 Å². The van der Waals surface area contributed by atoms with Crippen molar-refractivity contribution in [2.45, 2.75) is 13.6 Å². The van der Waals surface area contributed by atoms with Crippen LogP contribution in [0.3, 0.4) is 0 Å². The highest BCUT2D eigenvalue weighted by Crippen LogP contribution is 2.38. The molecule has 7 nitrogen and oxygen atoms in total. The third kappa shape index (κ3) is 5.57. The van der Waals surface area contributed by atoms with Gasteiger partial charge >= 0.3 is 0 Å². The highest BCUT2D eigenvalue weighted by molar-refractivity contribution is 7.80. The molecule has 1 fully saturated rings. The van der Waals surface area contributed by atoms with E-state index in [1.54, 1.807) is 0 Å². The van der Waals surface area contributed by atoms with E-state index in [0.29, 0.717) is 17.4 Å². The number of azo groups is 1. The molecular weight excluding hydrogens is 527 g/mol. The Morgan fingerprint density at radius 1 is 1.05 bits per heavy atom. The molecule has 2 heterocycles. The fourth-order valence-corrected chi connectivity index (χ4v) is 5.15. The van der Waals surface area contributed by atoms with Crippen LogP contribution in [0.2, 0.25) is 10.0 Å². The molecule has 0 bridgehead atoms. The van der Waals surface area contributed by atoms with Gasteiger partial charge in [0.2, 0.25) is 11.0 Å². The molecule has 10 heteroatoms. The third-order valence-electron chi connectivity index (χ3n) is 6.69. The number of quaternary nitrogens is 1. The summed E-state index contributed by atoms with van der Waals surface area (Å²) in [6.07, 6.45) is 0. The fourth-order valence-electron chi connectivity index (χ4n) is 4.64. The van der Waals surface area contributed by atoms with E-state index < -0.39 is 0 Å². The zero-order valence-electron chi connectivity index (χ0n) is 20.3. The van der Waals surface area contributed by atoms with E-state index in [4.69, 9.17) is 35.4 Å². The van der Waals surface area contributed by atoms with E-state index in [-0.39, 0.29) is 11.0 Å². The Kier molecular flexibility index (Phi) is 7.62. The van der Waals surface area contributed by atoms with Gasteiger partial charge in [0.15, 0.2) is 12.4 Å². The largest absolute Gasteiger partial charge is 0.493 e. The molecule has 3 N–H and O–H groups in total. The third-order valence-corrected chi connectivity index (χ3v) is 7.52. The molecule has 5 rings (SSSR count). The van der Waals surface area contributed by atoms with Crippen LogP contribution in [-0.2, 0) is 6.67 Å². The van der Waals surface area contributed by atoms with Crippen LogP contribution >= 0.6 is 35.4 Å². The summed E-state index contributed by atoms with van der Waals surface area (Å²) in [4.78, 5) is 3.71. The first-order chi connectivity index (χ1) is 17.9. The van der Waals surface area contributed by atoms with Crippen molar-refractivity contribution in [1.82, 2.24) is 4.57 Å². The Morgan fingerprint density at radius 3 is 2.59 bits per heavy atom. The molecule has 1 aliphatic heterocycles. The Bertz CT molecular complexity index is 1480. The number of hydrogen-bond donors (Lipinski definition) is 3. The van der Waals surface area contributed by atoms with E-state index in [1.165, 1.54) is 4.90 Å². The molecule has 0 radical (unpaired) electrons. The number of aromatic nitrogens is 1. The summed E-state index contributed by atoms with van der Waals surface area (Å²) in [5.74, 6) is 0.0801. The van der Waals surface area contributed by atoms with Crippen LogP contribution in [0.15, 0.2) is 77.0 Å². The van der Waals surface area contributed by atoms with Crippen LogP contribution in [0.5, 0.6) is 5.88 Å². The molecule has 0 aliphatic carbocycles. The van der Waals surface area contributed by atoms with Crippen LogP contribution in [0.25, 0.3) is 10.9 Å². The minimum Gasteiger partial charge on any atom is -0.493 e. The van der Waals surface area contributed by atoms with Crippen LogP contribution < -0.4 is 15.1 Å². The number of aromatic hydroxyl groups is 1. The first-order valence-electron chi connectivity index (χ1n) is 12.0. The number of benzene rings is 3. The van der Waals surface area contributed by atoms with Gasteiger partial charge in [0.25, 0.3) is 0 Å². The minimum atomic E-state index is 0.0801. The molecule has 1 saturated heterocycles. The second kappa shape index (κ2) is 11.1. The zero-order chi connectivity index (χ0) is 25.9. The molecule has 0 saturated carbocycles. The van der Waals surface area contributed by atoms with Gasteiger partial charge in [0, 0.05) is 26.8 Å². The normalized spacial score (nSPS) is 14.5. The van der Waals surface area contributed by atoms with E-state index in [2.05, 4.69) is 26.5 Å². The van der Waals surface area contributed by atoms with Crippen molar-refractivity contribution in [3.63, 3.8) is 0 Å². The Balaban J connectivity index is 1.32. The standard InChI is InChI=1S/C27H26Cl2N6OS/c1-18-22(29)9-5-10-23(18)30-27(37)32-31-25-21-8-2-3-11-24(21)35(26(25)36)17-33-12-14-34(15-13-33)20-7-4-6-19(28)16-20/h2-11,16,36H,12-15,17H2,1H3,(H,30,37)/p+1. The summed E-state index contributed by atoms with van der Waals surface area (Å²) in [7, 11) is 0. The Labute approximate surface area is 230 Å². The number of thiocarbonyl (C=S) groups is 1.